The van der Waals surface area contributed by atoms with Crippen LogP contribution in [0.5, 0.6) is 17.2 Å². The zero-order chi connectivity index (χ0) is 27.0. The number of nitrogens with zero attached hydrogens (tertiary/aromatic N) is 1. The third-order valence-electron chi connectivity index (χ3n) is 6.50. The van der Waals surface area contributed by atoms with Crippen LogP contribution < -0.4 is 14.4 Å². The Bertz CT molecular complexity index is 1430. The highest BCUT2D eigenvalue weighted by molar-refractivity contribution is 6.51. The Morgan fingerprint density at radius 3 is 2.30 bits per heavy atom. The maximum absolute atomic E-state index is 13.5. The molecule has 1 unspecified atom stereocenters. The van der Waals surface area contributed by atoms with Crippen molar-refractivity contribution in [3.63, 3.8) is 0 Å². The summed E-state index contributed by atoms with van der Waals surface area (Å²) in [6.45, 7) is 5.79. The molecule has 2 N–H and O–H groups in total. The predicted molar refractivity (Wildman–Crippen MR) is 143 cm³/mol. The van der Waals surface area contributed by atoms with Gasteiger partial charge in [-0.25, -0.2) is 0 Å². The molecule has 7 nitrogen and oxygen atoms in total. The number of aryl methyl sites for hydroxylation is 1. The molecular weight excluding hydrogens is 494 g/mol. The van der Waals surface area contributed by atoms with Crippen LogP contribution >= 0.6 is 11.6 Å². The van der Waals surface area contributed by atoms with Crippen LogP contribution in [0.25, 0.3) is 5.76 Å². The van der Waals surface area contributed by atoms with Gasteiger partial charge in [-0.15, -0.1) is 0 Å². The highest BCUT2D eigenvalue weighted by atomic mass is 35.5. The number of ketones is 1. The fraction of sp³-hybridized carbons (Fsp3) is 0.241. The summed E-state index contributed by atoms with van der Waals surface area (Å²) in [5.41, 5.74) is 2.62. The summed E-state index contributed by atoms with van der Waals surface area (Å²) in [5.74, 6) is -1.18. The van der Waals surface area contributed by atoms with Gasteiger partial charge in [0.2, 0.25) is 0 Å². The number of aromatic hydroxyl groups is 1. The average Bonchev–Trinajstić information content (AvgIpc) is 3.13. The number of phenols is 1. The molecule has 1 fully saturated rings. The van der Waals surface area contributed by atoms with E-state index in [4.69, 9.17) is 21.1 Å². The molecule has 0 aromatic heterocycles. The molecule has 0 bridgehead atoms. The number of carbonyl (C=O) groups is 2. The molecule has 1 heterocycles. The summed E-state index contributed by atoms with van der Waals surface area (Å²) in [4.78, 5) is 28.2. The fourth-order valence-electron chi connectivity index (χ4n) is 4.64. The molecule has 1 atom stereocenters. The molecule has 3 aromatic rings. The van der Waals surface area contributed by atoms with E-state index in [0.717, 1.165) is 5.56 Å². The fourth-order valence-corrected chi connectivity index (χ4v) is 4.83. The van der Waals surface area contributed by atoms with E-state index in [1.54, 1.807) is 56.5 Å². The minimum atomic E-state index is -1.03. The van der Waals surface area contributed by atoms with Crippen LogP contribution in [0, 0.1) is 6.92 Å². The lowest BCUT2D eigenvalue weighted by molar-refractivity contribution is -0.132. The van der Waals surface area contributed by atoms with Crippen LogP contribution in [-0.4, -0.2) is 36.1 Å². The number of aliphatic hydroxyl groups excluding tert-OH is 1. The second-order valence-electron chi connectivity index (χ2n) is 9.14. The lowest BCUT2D eigenvalue weighted by Crippen LogP contribution is -2.29. The van der Waals surface area contributed by atoms with Gasteiger partial charge in [0.1, 0.15) is 11.5 Å². The molecule has 0 spiro atoms. The Balaban J connectivity index is 2.01. The van der Waals surface area contributed by atoms with Crippen molar-refractivity contribution < 1.29 is 29.3 Å². The molecule has 3 aromatic carbocycles. The number of Topliss-reactive ketones (excluding diaryl/α,β-unsaturated/α-hetero) is 1. The van der Waals surface area contributed by atoms with Crippen LogP contribution in [0.2, 0.25) is 5.02 Å². The van der Waals surface area contributed by atoms with Gasteiger partial charge in [0.25, 0.3) is 11.7 Å². The summed E-state index contributed by atoms with van der Waals surface area (Å²) in [6, 6.07) is 13.7. The quantitative estimate of drug-likeness (QED) is 0.230. The van der Waals surface area contributed by atoms with Gasteiger partial charge < -0.3 is 19.7 Å². The number of methoxy groups -OCH3 is 2. The SMILES string of the molecule is COc1ccc(C2/C(=C(\O)c3cc(C(C)C)c(OC)cc3C)C(=O)C(=O)N2c2cccc(Cl)c2)cc1O. The number of aliphatic hydroxyl groups is 1. The van der Waals surface area contributed by atoms with Gasteiger partial charge >= 0.3 is 0 Å². The first kappa shape index (κ1) is 26.1. The van der Waals surface area contributed by atoms with E-state index >= 15 is 0 Å². The Morgan fingerprint density at radius 1 is 1.00 bits per heavy atom. The summed E-state index contributed by atoms with van der Waals surface area (Å²) in [6.07, 6.45) is 0. The molecule has 8 heteroatoms. The van der Waals surface area contributed by atoms with E-state index in [1.165, 1.54) is 24.1 Å². The van der Waals surface area contributed by atoms with Gasteiger partial charge in [0, 0.05) is 16.3 Å². The minimum Gasteiger partial charge on any atom is -0.507 e. The van der Waals surface area contributed by atoms with Crippen LogP contribution in [-0.2, 0) is 9.59 Å². The Hall–Kier alpha value is -3.97. The number of amides is 1. The third kappa shape index (κ3) is 4.62. The van der Waals surface area contributed by atoms with Crippen molar-refractivity contribution >= 4 is 34.7 Å². The molecule has 1 aliphatic rings. The highest BCUT2D eigenvalue weighted by Gasteiger charge is 2.47. The number of hydrogen-bond donors (Lipinski definition) is 2. The Morgan fingerprint density at radius 2 is 1.70 bits per heavy atom. The predicted octanol–water partition coefficient (Wildman–Crippen LogP) is 6.12. The van der Waals surface area contributed by atoms with E-state index < -0.39 is 17.7 Å². The first-order valence-corrected chi connectivity index (χ1v) is 12.1. The summed E-state index contributed by atoms with van der Waals surface area (Å²) in [5, 5.41) is 22.5. The van der Waals surface area contributed by atoms with Crippen molar-refractivity contribution in [2.75, 3.05) is 19.1 Å². The van der Waals surface area contributed by atoms with Crippen LogP contribution in [0.1, 0.15) is 48.1 Å². The number of carbonyl (C=O) groups excluding carboxylic acids is 2. The number of anilines is 1. The smallest absolute Gasteiger partial charge is 0.300 e. The van der Waals surface area contributed by atoms with E-state index in [-0.39, 0.29) is 28.7 Å². The first-order valence-electron chi connectivity index (χ1n) is 11.7. The largest absolute Gasteiger partial charge is 0.507 e. The minimum absolute atomic E-state index is 0.0744. The first-order chi connectivity index (χ1) is 17.6. The topological polar surface area (TPSA) is 96.3 Å². The van der Waals surface area contributed by atoms with E-state index in [2.05, 4.69) is 0 Å². The second-order valence-corrected chi connectivity index (χ2v) is 9.58. The van der Waals surface area contributed by atoms with Gasteiger partial charge in [-0.05, 0) is 72.0 Å². The Labute approximate surface area is 220 Å². The maximum Gasteiger partial charge on any atom is 0.300 e. The van der Waals surface area contributed by atoms with Crippen LogP contribution in [0.3, 0.4) is 0 Å². The summed E-state index contributed by atoms with van der Waals surface area (Å²) in [7, 11) is 3.00. The Kier molecular flexibility index (Phi) is 7.18. The van der Waals surface area contributed by atoms with Gasteiger partial charge in [-0.2, -0.15) is 0 Å². The van der Waals surface area contributed by atoms with Gasteiger partial charge in [-0.3, -0.25) is 14.5 Å². The maximum atomic E-state index is 13.5. The van der Waals surface area contributed by atoms with E-state index in [0.29, 0.717) is 33.1 Å². The number of halogens is 1. The monoisotopic (exact) mass is 521 g/mol. The zero-order valence-electron chi connectivity index (χ0n) is 21.2. The normalized spacial score (nSPS) is 16.9. The number of hydrogen-bond acceptors (Lipinski definition) is 6. The van der Waals surface area contributed by atoms with Crippen molar-refractivity contribution in [1.82, 2.24) is 0 Å². The van der Waals surface area contributed by atoms with E-state index in [1.807, 2.05) is 13.8 Å². The summed E-state index contributed by atoms with van der Waals surface area (Å²) < 4.78 is 10.7. The molecule has 1 aliphatic heterocycles. The molecular formula is C29H28ClNO6. The van der Waals surface area contributed by atoms with E-state index in [9.17, 15) is 19.8 Å². The van der Waals surface area contributed by atoms with Crippen molar-refractivity contribution in [3.05, 3.63) is 87.4 Å². The second kappa shape index (κ2) is 10.2. The van der Waals surface area contributed by atoms with Crippen molar-refractivity contribution in [1.29, 1.82) is 0 Å². The standard InChI is InChI=1S/C29H28ClNO6/c1-15(2)20-14-21(16(3)11-24(20)37-5)27(33)25-26(17-9-10-23(36-4)22(32)12-17)31(29(35)28(25)34)19-8-6-7-18(30)13-19/h6-15,26,32-33H,1-5H3/b27-25+. The highest BCUT2D eigenvalue weighted by Crippen LogP contribution is 2.45. The molecule has 37 heavy (non-hydrogen) atoms. The zero-order valence-corrected chi connectivity index (χ0v) is 22.0. The molecule has 4 rings (SSSR count). The third-order valence-corrected chi connectivity index (χ3v) is 6.74. The molecule has 0 saturated carbocycles. The summed E-state index contributed by atoms with van der Waals surface area (Å²) >= 11 is 6.20. The van der Waals surface area contributed by atoms with Crippen LogP contribution in [0.15, 0.2) is 60.2 Å². The molecule has 192 valence electrons. The molecule has 1 saturated heterocycles. The number of phenolic OH excluding ortho intramolecular Hbond substituents is 1. The number of ether oxygens (including phenoxy) is 2. The van der Waals surface area contributed by atoms with Crippen molar-refractivity contribution in [2.45, 2.75) is 32.7 Å². The lowest BCUT2D eigenvalue weighted by Gasteiger charge is -2.26. The van der Waals surface area contributed by atoms with Gasteiger partial charge in [-0.1, -0.05) is 37.6 Å². The number of benzene rings is 3. The average molecular weight is 522 g/mol. The molecule has 0 aliphatic carbocycles. The van der Waals surface area contributed by atoms with Gasteiger partial charge in [0.15, 0.2) is 11.5 Å². The lowest BCUT2D eigenvalue weighted by atomic mass is 9.91. The molecule has 0 radical (unpaired) electrons. The number of rotatable bonds is 6. The molecule has 1 amide bonds. The van der Waals surface area contributed by atoms with Gasteiger partial charge in [0.05, 0.1) is 25.8 Å². The van der Waals surface area contributed by atoms with Crippen LogP contribution in [0.4, 0.5) is 5.69 Å². The van der Waals surface area contributed by atoms with Crippen molar-refractivity contribution in [3.8, 4) is 17.2 Å². The van der Waals surface area contributed by atoms with Crippen molar-refractivity contribution in [2.24, 2.45) is 0 Å².